The second-order valence-electron chi connectivity index (χ2n) is 7.08. The first kappa shape index (κ1) is 18.1. The Kier molecular flexibility index (Phi) is 7.36. The number of rotatable bonds is 8. The molecule has 0 aromatic heterocycles. The molecule has 0 heterocycles. The number of hydrogen-bond acceptors (Lipinski definition) is 3. The standard InChI is InChI=1S/C18H33N3/c1-7-19-11-15-8-16(12-20-14(2)3)10-17(9-15)13-21-18(4,5)6/h8-10,14,19-21H,7,11-13H2,1-6H3. The van der Waals surface area contributed by atoms with Crippen molar-refractivity contribution >= 4 is 0 Å². The van der Waals surface area contributed by atoms with Crippen molar-refractivity contribution in [3.63, 3.8) is 0 Å². The van der Waals surface area contributed by atoms with Crippen LogP contribution in [-0.4, -0.2) is 18.1 Å². The molecule has 0 bridgehead atoms. The summed E-state index contributed by atoms with van der Waals surface area (Å²) in [5, 5.41) is 10.5. The fourth-order valence-corrected chi connectivity index (χ4v) is 2.10. The van der Waals surface area contributed by atoms with Gasteiger partial charge >= 0.3 is 0 Å². The van der Waals surface area contributed by atoms with Crippen molar-refractivity contribution in [2.45, 2.75) is 72.8 Å². The maximum absolute atomic E-state index is 3.57. The third-order valence-electron chi connectivity index (χ3n) is 3.23. The van der Waals surface area contributed by atoms with Gasteiger partial charge in [-0.15, -0.1) is 0 Å². The smallest absolute Gasteiger partial charge is 0.0210 e. The van der Waals surface area contributed by atoms with Crippen molar-refractivity contribution in [3.05, 3.63) is 34.9 Å². The van der Waals surface area contributed by atoms with E-state index in [0.717, 1.165) is 26.2 Å². The van der Waals surface area contributed by atoms with Crippen molar-refractivity contribution in [1.29, 1.82) is 0 Å². The van der Waals surface area contributed by atoms with E-state index in [1.807, 2.05) is 0 Å². The predicted octanol–water partition coefficient (Wildman–Crippen LogP) is 3.18. The van der Waals surface area contributed by atoms with E-state index in [0.29, 0.717) is 6.04 Å². The van der Waals surface area contributed by atoms with Crippen LogP contribution >= 0.6 is 0 Å². The molecule has 0 unspecified atom stereocenters. The Morgan fingerprint density at radius 1 is 0.905 bits per heavy atom. The van der Waals surface area contributed by atoms with E-state index < -0.39 is 0 Å². The summed E-state index contributed by atoms with van der Waals surface area (Å²) in [6.45, 7) is 16.9. The van der Waals surface area contributed by atoms with E-state index in [2.05, 4.69) is 75.7 Å². The lowest BCUT2D eigenvalue weighted by molar-refractivity contribution is 0.424. The summed E-state index contributed by atoms with van der Waals surface area (Å²) in [6.07, 6.45) is 0. The van der Waals surface area contributed by atoms with Crippen LogP contribution in [0.15, 0.2) is 18.2 Å². The number of benzene rings is 1. The molecule has 0 aliphatic rings. The van der Waals surface area contributed by atoms with Gasteiger partial charge in [-0.25, -0.2) is 0 Å². The minimum atomic E-state index is 0.147. The van der Waals surface area contributed by atoms with E-state index in [4.69, 9.17) is 0 Å². The van der Waals surface area contributed by atoms with Crippen LogP contribution in [0.1, 0.15) is 58.2 Å². The SMILES string of the molecule is CCNCc1cc(CNC(C)C)cc(CNC(C)(C)C)c1. The molecule has 0 atom stereocenters. The van der Waals surface area contributed by atoms with E-state index in [9.17, 15) is 0 Å². The van der Waals surface area contributed by atoms with Gasteiger partial charge in [0.1, 0.15) is 0 Å². The van der Waals surface area contributed by atoms with Gasteiger partial charge in [-0.05, 0) is 44.0 Å². The van der Waals surface area contributed by atoms with Crippen molar-refractivity contribution in [1.82, 2.24) is 16.0 Å². The first-order valence-electron chi connectivity index (χ1n) is 8.11. The third kappa shape index (κ3) is 8.20. The molecular formula is C18H33N3. The van der Waals surface area contributed by atoms with Crippen LogP contribution in [-0.2, 0) is 19.6 Å². The highest BCUT2D eigenvalue weighted by atomic mass is 14.9. The Hall–Kier alpha value is -0.900. The topological polar surface area (TPSA) is 36.1 Å². The fourth-order valence-electron chi connectivity index (χ4n) is 2.10. The molecule has 0 aliphatic carbocycles. The monoisotopic (exact) mass is 291 g/mol. The van der Waals surface area contributed by atoms with Gasteiger partial charge in [-0.1, -0.05) is 39.0 Å². The Labute approximate surface area is 130 Å². The molecule has 1 aromatic carbocycles. The highest BCUT2D eigenvalue weighted by molar-refractivity contribution is 5.30. The van der Waals surface area contributed by atoms with Crippen LogP contribution in [0.4, 0.5) is 0 Å². The molecule has 0 spiro atoms. The van der Waals surface area contributed by atoms with Gasteiger partial charge < -0.3 is 16.0 Å². The molecule has 1 rings (SSSR count). The van der Waals surface area contributed by atoms with Crippen LogP contribution in [0, 0.1) is 0 Å². The lowest BCUT2D eigenvalue weighted by atomic mass is 10.0. The van der Waals surface area contributed by atoms with Gasteiger partial charge in [0.05, 0.1) is 0 Å². The maximum atomic E-state index is 3.57. The molecule has 21 heavy (non-hydrogen) atoms. The van der Waals surface area contributed by atoms with E-state index >= 15 is 0 Å². The Morgan fingerprint density at radius 2 is 1.43 bits per heavy atom. The lowest BCUT2D eigenvalue weighted by Gasteiger charge is -2.21. The molecule has 0 saturated carbocycles. The van der Waals surface area contributed by atoms with Gasteiger partial charge in [0, 0.05) is 31.2 Å². The van der Waals surface area contributed by atoms with Crippen molar-refractivity contribution in [3.8, 4) is 0 Å². The summed E-state index contributed by atoms with van der Waals surface area (Å²) in [7, 11) is 0. The first-order valence-corrected chi connectivity index (χ1v) is 8.11. The number of hydrogen-bond donors (Lipinski definition) is 3. The molecule has 3 N–H and O–H groups in total. The molecule has 120 valence electrons. The lowest BCUT2D eigenvalue weighted by Crippen LogP contribution is -2.35. The Bertz CT molecular complexity index is 419. The van der Waals surface area contributed by atoms with Crippen molar-refractivity contribution in [2.75, 3.05) is 6.54 Å². The van der Waals surface area contributed by atoms with Gasteiger partial charge in [-0.2, -0.15) is 0 Å². The molecule has 0 radical (unpaired) electrons. The largest absolute Gasteiger partial charge is 0.313 e. The van der Waals surface area contributed by atoms with E-state index in [1.165, 1.54) is 16.7 Å². The summed E-state index contributed by atoms with van der Waals surface area (Å²) in [5.74, 6) is 0. The van der Waals surface area contributed by atoms with Gasteiger partial charge in [0.25, 0.3) is 0 Å². The second-order valence-corrected chi connectivity index (χ2v) is 7.08. The summed E-state index contributed by atoms with van der Waals surface area (Å²) in [5.41, 5.74) is 4.24. The van der Waals surface area contributed by atoms with Crippen LogP contribution in [0.25, 0.3) is 0 Å². The summed E-state index contributed by atoms with van der Waals surface area (Å²) in [6, 6.07) is 7.43. The Morgan fingerprint density at radius 3 is 1.90 bits per heavy atom. The summed E-state index contributed by atoms with van der Waals surface area (Å²) in [4.78, 5) is 0. The first-order chi connectivity index (χ1) is 9.80. The van der Waals surface area contributed by atoms with E-state index in [1.54, 1.807) is 0 Å². The summed E-state index contributed by atoms with van der Waals surface area (Å²) < 4.78 is 0. The molecule has 1 aromatic rings. The van der Waals surface area contributed by atoms with Crippen LogP contribution in [0.2, 0.25) is 0 Å². The highest BCUT2D eigenvalue weighted by Gasteiger charge is 2.09. The van der Waals surface area contributed by atoms with Crippen LogP contribution < -0.4 is 16.0 Å². The molecule has 0 amide bonds. The molecule has 3 nitrogen and oxygen atoms in total. The van der Waals surface area contributed by atoms with Crippen molar-refractivity contribution in [2.24, 2.45) is 0 Å². The normalized spacial score (nSPS) is 12.1. The summed E-state index contributed by atoms with van der Waals surface area (Å²) >= 11 is 0. The Balaban J connectivity index is 2.81. The zero-order valence-corrected chi connectivity index (χ0v) is 14.6. The second kappa shape index (κ2) is 8.52. The molecule has 0 aliphatic heterocycles. The average molecular weight is 291 g/mol. The maximum Gasteiger partial charge on any atom is 0.0210 e. The van der Waals surface area contributed by atoms with Crippen molar-refractivity contribution < 1.29 is 0 Å². The quantitative estimate of drug-likeness (QED) is 0.688. The number of nitrogens with one attached hydrogen (secondary N) is 3. The van der Waals surface area contributed by atoms with Crippen LogP contribution in [0.5, 0.6) is 0 Å². The fraction of sp³-hybridized carbons (Fsp3) is 0.667. The zero-order valence-electron chi connectivity index (χ0n) is 14.6. The third-order valence-corrected chi connectivity index (χ3v) is 3.23. The predicted molar refractivity (Wildman–Crippen MR) is 92.4 cm³/mol. The minimum absolute atomic E-state index is 0.147. The molecule has 0 fully saturated rings. The van der Waals surface area contributed by atoms with Gasteiger partial charge in [-0.3, -0.25) is 0 Å². The zero-order chi connectivity index (χ0) is 15.9. The minimum Gasteiger partial charge on any atom is -0.313 e. The van der Waals surface area contributed by atoms with Gasteiger partial charge in [0.15, 0.2) is 0 Å². The molecule has 3 heteroatoms. The highest BCUT2D eigenvalue weighted by Crippen LogP contribution is 2.12. The van der Waals surface area contributed by atoms with Gasteiger partial charge in [0.2, 0.25) is 0 Å². The average Bonchev–Trinajstić information content (AvgIpc) is 2.40. The van der Waals surface area contributed by atoms with E-state index in [-0.39, 0.29) is 5.54 Å². The molecular weight excluding hydrogens is 258 g/mol. The van der Waals surface area contributed by atoms with Crippen LogP contribution in [0.3, 0.4) is 0 Å². The molecule has 0 saturated heterocycles.